The molecule has 2 aromatic heterocycles. The number of ether oxygens (including phenoxy) is 1. The largest absolute Gasteiger partial charge is 0.483 e. The Morgan fingerprint density at radius 2 is 2.00 bits per heavy atom. The fraction of sp³-hybridized carbons (Fsp3) is 0.391. The average Bonchev–Trinajstić information content (AvgIpc) is 3.37. The van der Waals surface area contributed by atoms with Gasteiger partial charge in [0, 0.05) is 44.2 Å². The van der Waals surface area contributed by atoms with Gasteiger partial charge in [-0.25, -0.2) is 23.0 Å². The van der Waals surface area contributed by atoms with Crippen LogP contribution >= 0.6 is 0 Å². The van der Waals surface area contributed by atoms with E-state index in [1.807, 2.05) is 13.0 Å². The zero-order valence-corrected chi connectivity index (χ0v) is 18.7. The van der Waals surface area contributed by atoms with E-state index in [1.54, 1.807) is 17.9 Å². The van der Waals surface area contributed by atoms with Crippen molar-refractivity contribution in [1.82, 2.24) is 24.7 Å². The van der Waals surface area contributed by atoms with Gasteiger partial charge >= 0.3 is 6.03 Å². The van der Waals surface area contributed by atoms with E-state index in [1.165, 1.54) is 22.1 Å². The Kier molecular flexibility index (Phi) is 5.62. The Morgan fingerprint density at radius 1 is 1.21 bits per heavy atom. The number of allylic oxidation sites excluding steroid dienone is 3. The van der Waals surface area contributed by atoms with Crippen molar-refractivity contribution in [1.29, 1.82) is 0 Å². The Hall–Kier alpha value is -3.63. The number of likely N-dealkylation sites (tertiary alicyclic amines) is 1. The first-order valence-corrected chi connectivity index (χ1v) is 11.0. The second kappa shape index (κ2) is 8.62. The average molecular weight is 472 g/mol. The number of hydrazone groups is 1. The molecule has 1 saturated heterocycles. The van der Waals surface area contributed by atoms with Gasteiger partial charge in [-0.15, -0.1) is 0 Å². The van der Waals surface area contributed by atoms with Crippen molar-refractivity contribution in [2.45, 2.75) is 31.9 Å². The molecule has 2 aliphatic heterocycles. The Bertz CT molecular complexity index is 1220. The lowest BCUT2D eigenvalue weighted by Crippen LogP contribution is -2.60. The normalized spacial score (nSPS) is 22.5. The highest BCUT2D eigenvalue weighted by Gasteiger charge is 2.41. The maximum Gasteiger partial charge on any atom is 0.340 e. The first-order valence-electron chi connectivity index (χ1n) is 11.0. The number of pyridine rings is 1. The first-order chi connectivity index (χ1) is 16.3. The number of aryl methyl sites for hydroxylation is 2. The van der Waals surface area contributed by atoms with Crippen LogP contribution in [0.1, 0.15) is 18.5 Å². The Labute approximate surface area is 194 Å². The van der Waals surface area contributed by atoms with Gasteiger partial charge in [-0.3, -0.25) is 9.67 Å². The highest BCUT2D eigenvalue weighted by atomic mass is 19.1. The van der Waals surface area contributed by atoms with Gasteiger partial charge in [-0.05, 0) is 19.1 Å². The van der Waals surface area contributed by atoms with Crippen LogP contribution in [-0.4, -0.2) is 62.2 Å². The van der Waals surface area contributed by atoms with Gasteiger partial charge in [0.05, 0.1) is 42.4 Å². The summed E-state index contributed by atoms with van der Waals surface area (Å²) in [7, 11) is 1.78. The van der Waals surface area contributed by atoms with Crippen molar-refractivity contribution in [3.8, 4) is 17.1 Å². The molecule has 2 atom stereocenters. The lowest BCUT2D eigenvalue weighted by molar-refractivity contribution is 0.0235. The van der Waals surface area contributed by atoms with Crippen LogP contribution in [0, 0.1) is 18.7 Å². The number of nitrogens with zero attached hydrogens (tertiary/aromatic N) is 6. The van der Waals surface area contributed by atoms with E-state index in [9.17, 15) is 18.0 Å². The van der Waals surface area contributed by atoms with Crippen LogP contribution in [0.25, 0.3) is 11.4 Å². The molecule has 1 aliphatic carbocycles. The summed E-state index contributed by atoms with van der Waals surface area (Å²) in [6, 6.07) is 2.53. The molecule has 0 N–H and O–H groups in total. The minimum Gasteiger partial charge on any atom is -0.483 e. The third kappa shape index (κ3) is 4.17. The molecule has 11 heteroatoms. The summed E-state index contributed by atoms with van der Waals surface area (Å²) in [4.78, 5) is 18.6. The smallest absolute Gasteiger partial charge is 0.340 e. The molecule has 34 heavy (non-hydrogen) atoms. The number of carbonyl (C=O) groups is 1. The number of rotatable bonds is 4. The van der Waals surface area contributed by atoms with E-state index in [2.05, 4.69) is 15.2 Å². The molecule has 3 aliphatic rings. The van der Waals surface area contributed by atoms with Crippen molar-refractivity contribution >= 4 is 12.2 Å². The van der Waals surface area contributed by atoms with Crippen LogP contribution in [0.3, 0.4) is 0 Å². The van der Waals surface area contributed by atoms with Gasteiger partial charge in [0.2, 0.25) is 0 Å². The van der Waals surface area contributed by atoms with Crippen molar-refractivity contribution in [3.05, 3.63) is 53.6 Å². The number of urea groups is 1. The van der Waals surface area contributed by atoms with Crippen LogP contribution < -0.4 is 4.74 Å². The predicted octanol–water partition coefficient (Wildman–Crippen LogP) is 3.90. The first kappa shape index (κ1) is 22.2. The molecule has 0 radical (unpaired) electrons. The zero-order chi connectivity index (χ0) is 24.0. The molecule has 4 heterocycles. The maximum atomic E-state index is 14.3. The third-order valence-electron chi connectivity index (χ3n) is 6.15. The molecule has 1 fully saturated rings. The number of aromatic nitrogens is 3. The summed E-state index contributed by atoms with van der Waals surface area (Å²) in [5.41, 5.74) is 2.06. The standard InChI is InChI=1S/C23H23F3N6O2/c1-13-5-21(30(2)29-13)19-9-22(18(26)10-27-19)34-17-11-31(12-17)23(33)32-20(3-4-28-32)14-6-15(24)8-16(25)7-14/h4-6,8-10,14,17,20H,3,7,11-12H2,1-2H3/t14?,20-/m0/s1. The minimum absolute atomic E-state index is 0.0246. The molecule has 178 valence electrons. The fourth-order valence-corrected chi connectivity index (χ4v) is 4.46. The quantitative estimate of drug-likeness (QED) is 0.677. The molecule has 8 nitrogen and oxygen atoms in total. The maximum absolute atomic E-state index is 14.3. The Balaban J connectivity index is 1.22. The summed E-state index contributed by atoms with van der Waals surface area (Å²) in [6.45, 7) is 2.33. The van der Waals surface area contributed by atoms with Gasteiger partial charge in [0.1, 0.15) is 17.8 Å². The molecule has 0 spiro atoms. The summed E-state index contributed by atoms with van der Waals surface area (Å²) < 4.78 is 49.2. The number of hydrogen-bond donors (Lipinski definition) is 0. The van der Waals surface area contributed by atoms with Gasteiger partial charge < -0.3 is 9.64 Å². The van der Waals surface area contributed by atoms with Crippen LogP contribution in [0.2, 0.25) is 0 Å². The molecule has 0 saturated carbocycles. The lowest BCUT2D eigenvalue weighted by Gasteiger charge is -2.41. The van der Waals surface area contributed by atoms with E-state index >= 15 is 0 Å². The summed E-state index contributed by atoms with van der Waals surface area (Å²) in [5, 5.41) is 9.68. The molecular formula is C23H23F3N6O2. The van der Waals surface area contributed by atoms with E-state index < -0.39 is 35.5 Å². The van der Waals surface area contributed by atoms with Crippen molar-refractivity contribution in [2.75, 3.05) is 13.1 Å². The number of amides is 2. The van der Waals surface area contributed by atoms with E-state index in [4.69, 9.17) is 4.74 Å². The van der Waals surface area contributed by atoms with E-state index in [0.717, 1.165) is 23.7 Å². The highest BCUT2D eigenvalue weighted by molar-refractivity contribution is 5.79. The molecule has 1 unspecified atom stereocenters. The van der Waals surface area contributed by atoms with E-state index in [-0.39, 0.29) is 31.3 Å². The minimum atomic E-state index is -0.648. The summed E-state index contributed by atoms with van der Waals surface area (Å²) in [5.74, 6) is -2.25. The summed E-state index contributed by atoms with van der Waals surface area (Å²) >= 11 is 0. The van der Waals surface area contributed by atoms with Gasteiger partial charge in [-0.1, -0.05) is 0 Å². The highest BCUT2D eigenvalue weighted by Crippen LogP contribution is 2.33. The van der Waals surface area contributed by atoms with Crippen LogP contribution in [0.15, 0.2) is 47.2 Å². The molecule has 2 aromatic rings. The lowest BCUT2D eigenvalue weighted by atomic mass is 9.90. The third-order valence-corrected chi connectivity index (χ3v) is 6.15. The van der Waals surface area contributed by atoms with Crippen LogP contribution in [0.5, 0.6) is 5.75 Å². The molecule has 0 aromatic carbocycles. The molecule has 2 amide bonds. The molecular weight excluding hydrogens is 449 g/mol. The fourth-order valence-electron chi connectivity index (χ4n) is 4.46. The van der Waals surface area contributed by atoms with E-state index in [0.29, 0.717) is 12.1 Å². The topological polar surface area (TPSA) is 75.8 Å². The van der Waals surface area contributed by atoms with Gasteiger partial charge in [0.25, 0.3) is 0 Å². The predicted molar refractivity (Wildman–Crippen MR) is 118 cm³/mol. The van der Waals surface area contributed by atoms with Crippen molar-refractivity contribution in [3.63, 3.8) is 0 Å². The van der Waals surface area contributed by atoms with Crippen molar-refractivity contribution in [2.24, 2.45) is 18.1 Å². The van der Waals surface area contributed by atoms with Crippen LogP contribution in [-0.2, 0) is 7.05 Å². The zero-order valence-electron chi connectivity index (χ0n) is 18.7. The van der Waals surface area contributed by atoms with Crippen molar-refractivity contribution < 1.29 is 22.7 Å². The molecule has 0 bridgehead atoms. The van der Waals surface area contributed by atoms with Gasteiger partial charge in [-0.2, -0.15) is 10.2 Å². The summed E-state index contributed by atoms with van der Waals surface area (Å²) in [6.07, 6.45) is 4.90. The monoisotopic (exact) mass is 472 g/mol. The molecule has 5 rings (SSSR count). The number of halogens is 3. The SMILES string of the molecule is Cc1cc(-c2cc(OC3CN(C(=O)N4N=CC[C@H]4C4C=C(F)C=C(F)C4)C3)c(F)cn2)n(C)n1. The second-order valence-corrected chi connectivity index (χ2v) is 8.68. The number of hydrogen-bond acceptors (Lipinski definition) is 5. The second-order valence-electron chi connectivity index (χ2n) is 8.68. The van der Waals surface area contributed by atoms with Crippen LogP contribution in [0.4, 0.5) is 18.0 Å². The number of carbonyl (C=O) groups excluding carboxylic acids is 1. The Morgan fingerprint density at radius 3 is 2.71 bits per heavy atom. The van der Waals surface area contributed by atoms with Gasteiger partial charge in [0.15, 0.2) is 11.6 Å².